The first-order valence-corrected chi connectivity index (χ1v) is 10.4. The monoisotopic (exact) mass is 380 g/mol. The van der Waals surface area contributed by atoms with Gasteiger partial charge in [0.1, 0.15) is 11.9 Å². The van der Waals surface area contributed by atoms with Crippen LogP contribution in [0.1, 0.15) is 47.5 Å². The first-order chi connectivity index (χ1) is 14.3. The molecule has 1 heterocycles. The molecule has 0 aromatic heterocycles. The molecule has 0 spiro atoms. The van der Waals surface area contributed by atoms with Gasteiger partial charge >= 0.3 is 0 Å². The Hall–Kier alpha value is -3.13. The van der Waals surface area contributed by atoms with Gasteiger partial charge in [0.2, 0.25) is 0 Å². The van der Waals surface area contributed by atoms with Crippen molar-refractivity contribution >= 4 is 5.84 Å². The standard InChI is InChI=1S/C27H28N2/c1-3-4-20-24(21-14-8-5-9-15-21)27-28-25(22-16-10-6-11-17-22)26(29(27)2)23-18-12-7-13-19-23/h3,5-19,24-26H,1,4,20H2,2H3/t24?,25-,26-/m0/s1. The zero-order valence-corrected chi connectivity index (χ0v) is 17.0. The highest BCUT2D eigenvalue weighted by Gasteiger charge is 2.38. The minimum atomic E-state index is 0.0912. The van der Waals surface area contributed by atoms with Crippen LogP contribution in [0.25, 0.3) is 0 Å². The summed E-state index contributed by atoms with van der Waals surface area (Å²) in [4.78, 5) is 7.73. The molecule has 0 N–H and O–H groups in total. The minimum Gasteiger partial charge on any atom is -0.353 e. The summed E-state index contributed by atoms with van der Waals surface area (Å²) < 4.78 is 0. The highest BCUT2D eigenvalue weighted by atomic mass is 15.3. The van der Waals surface area contributed by atoms with Gasteiger partial charge in [-0.1, -0.05) is 97.1 Å². The smallest absolute Gasteiger partial charge is 0.108 e. The molecule has 0 saturated carbocycles. The van der Waals surface area contributed by atoms with Crippen LogP contribution in [-0.2, 0) is 0 Å². The lowest BCUT2D eigenvalue weighted by Gasteiger charge is -2.30. The number of aliphatic imine (C=N–C) groups is 1. The van der Waals surface area contributed by atoms with Crippen LogP contribution < -0.4 is 0 Å². The highest BCUT2D eigenvalue weighted by Crippen LogP contribution is 2.44. The Morgan fingerprint density at radius 1 is 0.862 bits per heavy atom. The van der Waals surface area contributed by atoms with E-state index in [0.29, 0.717) is 0 Å². The molecule has 0 bridgehead atoms. The van der Waals surface area contributed by atoms with Crippen LogP contribution in [-0.4, -0.2) is 17.8 Å². The van der Waals surface area contributed by atoms with Gasteiger partial charge in [0, 0.05) is 13.0 Å². The molecule has 0 saturated heterocycles. The number of allylic oxidation sites excluding steroid dienone is 1. The molecule has 2 nitrogen and oxygen atoms in total. The predicted molar refractivity (Wildman–Crippen MR) is 122 cm³/mol. The van der Waals surface area contributed by atoms with Gasteiger partial charge in [-0.3, -0.25) is 4.99 Å². The third-order valence-electron chi connectivity index (χ3n) is 5.80. The maximum Gasteiger partial charge on any atom is 0.108 e. The number of rotatable bonds is 7. The lowest BCUT2D eigenvalue weighted by Crippen LogP contribution is -2.31. The maximum atomic E-state index is 5.34. The first-order valence-electron chi connectivity index (χ1n) is 10.4. The molecule has 29 heavy (non-hydrogen) atoms. The number of amidine groups is 1. The Morgan fingerprint density at radius 3 is 2.00 bits per heavy atom. The molecule has 1 aliphatic rings. The van der Waals surface area contributed by atoms with E-state index in [-0.39, 0.29) is 18.0 Å². The summed E-state index contributed by atoms with van der Waals surface area (Å²) in [5, 5.41) is 0. The fourth-order valence-electron chi connectivity index (χ4n) is 4.37. The number of hydrogen-bond acceptors (Lipinski definition) is 2. The van der Waals surface area contributed by atoms with Crippen molar-refractivity contribution in [2.24, 2.45) is 4.99 Å². The van der Waals surface area contributed by atoms with Crippen molar-refractivity contribution in [3.05, 3.63) is 120 Å². The van der Waals surface area contributed by atoms with Gasteiger partial charge in [-0.05, 0) is 29.5 Å². The molecule has 0 amide bonds. The zero-order valence-electron chi connectivity index (χ0n) is 17.0. The Labute approximate surface area is 174 Å². The van der Waals surface area contributed by atoms with Crippen molar-refractivity contribution in [1.29, 1.82) is 0 Å². The van der Waals surface area contributed by atoms with Gasteiger partial charge in [0.25, 0.3) is 0 Å². The van der Waals surface area contributed by atoms with E-state index < -0.39 is 0 Å². The van der Waals surface area contributed by atoms with E-state index in [0.717, 1.165) is 12.8 Å². The van der Waals surface area contributed by atoms with Crippen molar-refractivity contribution in [2.75, 3.05) is 7.05 Å². The van der Waals surface area contributed by atoms with E-state index in [1.165, 1.54) is 22.5 Å². The maximum absolute atomic E-state index is 5.34. The van der Waals surface area contributed by atoms with Crippen LogP contribution in [0, 0.1) is 0 Å². The van der Waals surface area contributed by atoms with Crippen molar-refractivity contribution in [3.63, 3.8) is 0 Å². The molecule has 0 radical (unpaired) electrons. The number of nitrogens with zero attached hydrogens (tertiary/aromatic N) is 2. The lowest BCUT2D eigenvalue weighted by molar-refractivity contribution is 0.356. The summed E-state index contributed by atoms with van der Waals surface area (Å²) >= 11 is 0. The van der Waals surface area contributed by atoms with Crippen molar-refractivity contribution < 1.29 is 0 Å². The van der Waals surface area contributed by atoms with Gasteiger partial charge < -0.3 is 4.90 Å². The van der Waals surface area contributed by atoms with Gasteiger partial charge in [0.15, 0.2) is 0 Å². The second-order valence-electron chi connectivity index (χ2n) is 7.64. The second kappa shape index (κ2) is 8.91. The Balaban J connectivity index is 1.78. The first kappa shape index (κ1) is 19.2. The van der Waals surface area contributed by atoms with Crippen LogP contribution in [0.5, 0.6) is 0 Å². The number of benzene rings is 3. The van der Waals surface area contributed by atoms with Crippen LogP contribution in [0.2, 0.25) is 0 Å². The van der Waals surface area contributed by atoms with Crippen LogP contribution in [0.15, 0.2) is 109 Å². The van der Waals surface area contributed by atoms with E-state index in [9.17, 15) is 0 Å². The van der Waals surface area contributed by atoms with Crippen molar-refractivity contribution in [1.82, 2.24) is 4.90 Å². The summed E-state index contributed by atoms with van der Waals surface area (Å²) in [7, 11) is 2.20. The fourth-order valence-corrected chi connectivity index (χ4v) is 4.37. The molecule has 0 aliphatic carbocycles. The lowest BCUT2D eigenvalue weighted by atomic mass is 9.91. The normalized spacial score (nSPS) is 19.6. The minimum absolute atomic E-state index is 0.0912. The molecular weight excluding hydrogens is 352 g/mol. The highest BCUT2D eigenvalue weighted by molar-refractivity contribution is 5.91. The molecule has 3 aromatic rings. The molecule has 3 atom stereocenters. The summed E-state index contributed by atoms with van der Waals surface area (Å²) in [6, 6.07) is 32.5. The SMILES string of the molecule is C=CCCC(C1=N[C@@H](c2ccccc2)[C@H](c2ccccc2)N1C)c1ccccc1. The molecular formula is C27H28N2. The van der Waals surface area contributed by atoms with E-state index >= 15 is 0 Å². The quantitative estimate of drug-likeness (QED) is 0.424. The molecule has 1 unspecified atom stereocenters. The molecule has 146 valence electrons. The Morgan fingerprint density at radius 2 is 1.41 bits per heavy atom. The third kappa shape index (κ3) is 4.02. The number of likely N-dealkylation sites (N-methyl/N-ethyl adjacent to an activating group) is 1. The van der Waals surface area contributed by atoms with Gasteiger partial charge in [0.05, 0.1) is 6.04 Å². The summed E-state index contributed by atoms with van der Waals surface area (Å²) in [6.45, 7) is 3.94. The fraction of sp³-hybridized carbons (Fsp3) is 0.222. The topological polar surface area (TPSA) is 15.6 Å². The number of hydrogen-bond donors (Lipinski definition) is 0. The zero-order chi connectivity index (χ0) is 20.1. The molecule has 1 aliphatic heterocycles. The van der Waals surface area contributed by atoms with Crippen LogP contribution in [0.4, 0.5) is 0 Å². The summed E-state index contributed by atoms with van der Waals surface area (Å²) in [5.41, 5.74) is 3.89. The summed E-state index contributed by atoms with van der Waals surface area (Å²) in [6.07, 6.45) is 3.99. The van der Waals surface area contributed by atoms with Crippen LogP contribution in [0.3, 0.4) is 0 Å². The molecule has 2 heteroatoms. The van der Waals surface area contributed by atoms with E-state index in [1.807, 2.05) is 6.08 Å². The van der Waals surface area contributed by atoms with Gasteiger partial charge in [-0.25, -0.2) is 0 Å². The van der Waals surface area contributed by atoms with E-state index in [2.05, 4.69) is 110 Å². The van der Waals surface area contributed by atoms with Crippen LogP contribution >= 0.6 is 0 Å². The van der Waals surface area contributed by atoms with Crippen molar-refractivity contribution in [3.8, 4) is 0 Å². The van der Waals surface area contributed by atoms with Gasteiger partial charge in [-0.2, -0.15) is 0 Å². The molecule has 0 fully saturated rings. The van der Waals surface area contributed by atoms with E-state index in [4.69, 9.17) is 4.99 Å². The molecule has 3 aromatic carbocycles. The second-order valence-corrected chi connectivity index (χ2v) is 7.64. The van der Waals surface area contributed by atoms with E-state index in [1.54, 1.807) is 0 Å². The third-order valence-corrected chi connectivity index (χ3v) is 5.80. The average Bonchev–Trinajstić information content (AvgIpc) is 3.13. The summed E-state index contributed by atoms with van der Waals surface area (Å²) in [5.74, 6) is 1.43. The average molecular weight is 381 g/mol. The largest absolute Gasteiger partial charge is 0.353 e. The van der Waals surface area contributed by atoms with Crippen molar-refractivity contribution in [2.45, 2.75) is 30.8 Å². The molecule has 4 rings (SSSR count). The Kier molecular flexibility index (Phi) is 5.90. The van der Waals surface area contributed by atoms with Gasteiger partial charge in [-0.15, -0.1) is 6.58 Å². The Bertz CT molecular complexity index is 948. The predicted octanol–water partition coefficient (Wildman–Crippen LogP) is 6.56.